The van der Waals surface area contributed by atoms with Crippen LogP contribution in [0, 0.1) is 40.5 Å². The Balaban J connectivity index is 2.16. The number of anilines is 1. The Hall–Kier alpha value is -5.09. The lowest BCUT2D eigenvalue weighted by molar-refractivity contribution is -0.393. The molecule has 0 aromatic heterocycles. The number of hydrazine groups is 1. The first kappa shape index (κ1) is 21.2. The van der Waals surface area contributed by atoms with Crippen LogP contribution in [0.5, 0.6) is 0 Å². The van der Waals surface area contributed by atoms with Crippen molar-refractivity contribution in [2.24, 2.45) is 10.2 Å². The number of non-ortho nitro benzene ring substituents is 2. The number of hydrogen-bond donors (Lipinski definition) is 2. The van der Waals surface area contributed by atoms with Gasteiger partial charge in [-0.25, -0.2) is 10.2 Å². The van der Waals surface area contributed by atoms with Gasteiger partial charge in [0.2, 0.25) is 0 Å². The van der Waals surface area contributed by atoms with Crippen LogP contribution in [0.25, 0.3) is 0 Å². The number of nitro groups is 4. The van der Waals surface area contributed by atoms with Crippen LogP contribution in [0.4, 0.5) is 38.9 Å². The molecule has 0 unspecified atom stereocenters. The molecule has 0 aliphatic rings. The molecule has 2 N–H and O–H groups in total. The number of nitrogens with one attached hydrogen (secondary N) is 2. The van der Waals surface area contributed by atoms with E-state index in [4.69, 9.17) is 0 Å². The van der Waals surface area contributed by atoms with E-state index in [1.807, 2.05) is 5.43 Å². The quantitative estimate of drug-likeness (QED) is 0.376. The molecule has 0 radical (unpaired) electrons. The van der Waals surface area contributed by atoms with Gasteiger partial charge in [-0.1, -0.05) is 5.11 Å². The van der Waals surface area contributed by atoms with Crippen LogP contribution in [0.2, 0.25) is 0 Å². The van der Waals surface area contributed by atoms with Gasteiger partial charge in [-0.2, -0.15) is 0 Å². The number of nitrogens with zero attached hydrogens (tertiary/aromatic N) is 6. The third-order valence-corrected chi connectivity index (χ3v) is 3.31. The fourth-order valence-electron chi connectivity index (χ4n) is 1.99. The van der Waals surface area contributed by atoms with Gasteiger partial charge in [-0.3, -0.25) is 45.9 Å². The Morgan fingerprint density at radius 1 is 0.767 bits per heavy atom. The lowest BCUT2D eigenvalue weighted by Crippen LogP contribution is -2.26. The van der Waals surface area contributed by atoms with E-state index in [-0.39, 0.29) is 5.69 Å². The SMILES string of the molecule is O=C(N=Nc1ccc([N+](=O)[O-])cc1[N+](=O)[O-])NNc1ccc([N+](=O)[O-])cc1[N+](=O)[O-]. The summed E-state index contributed by atoms with van der Waals surface area (Å²) in [6.45, 7) is 0. The van der Waals surface area contributed by atoms with Gasteiger partial charge in [0.05, 0.1) is 31.8 Å². The molecular weight excluding hydrogens is 412 g/mol. The molecule has 0 fully saturated rings. The van der Waals surface area contributed by atoms with Crippen molar-refractivity contribution in [1.29, 1.82) is 0 Å². The number of benzene rings is 2. The summed E-state index contributed by atoms with van der Waals surface area (Å²) in [6, 6.07) is 3.79. The van der Waals surface area contributed by atoms with E-state index in [9.17, 15) is 45.3 Å². The highest BCUT2D eigenvalue weighted by Crippen LogP contribution is 2.31. The van der Waals surface area contributed by atoms with Gasteiger partial charge in [0.25, 0.3) is 11.4 Å². The molecule has 2 rings (SSSR count). The summed E-state index contributed by atoms with van der Waals surface area (Å²) in [4.78, 5) is 51.5. The normalized spacial score (nSPS) is 10.4. The Morgan fingerprint density at radius 2 is 1.30 bits per heavy atom. The minimum absolute atomic E-state index is 0.310. The van der Waals surface area contributed by atoms with Crippen molar-refractivity contribution in [3.8, 4) is 0 Å². The van der Waals surface area contributed by atoms with Crippen LogP contribution in [0.3, 0.4) is 0 Å². The predicted octanol–water partition coefficient (Wildman–Crippen LogP) is 3.14. The maximum atomic E-state index is 11.7. The molecule has 0 aliphatic carbocycles. The highest BCUT2D eigenvalue weighted by Gasteiger charge is 2.21. The molecule has 0 saturated heterocycles. The van der Waals surface area contributed by atoms with Crippen LogP contribution < -0.4 is 10.9 Å². The Morgan fingerprint density at radius 3 is 1.83 bits per heavy atom. The van der Waals surface area contributed by atoms with E-state index in [1.165, 1.54) is 0 Å². The van der Waals surface area contributed by atoms with Gasteiger partial charge in [0.15, 0.2) is 5.69 Å². The van der Waals surface area contributed by atoms with E-state index in [0.29, 0.717) is 12.1 Å². The van der Waals surface area contributed by atoms with E-state index in [1.54, 1.807) is 0 Å². The predicted molar refractivity (Wildman–Crippen MR) is 96.2 cm³/mol. The third kappa shape index (κ3) is 5.00. The number of hydrogen-bond acceptors (Lipinski definition) is 11. The van der Waals surface area contributed by atoms with Gasteiger partial charge in [0, 0.05) is 12.1 Å². The summed E-state index contributed by atoms with van der Waals surface area (Å²) < 4.78 is 0. The van der Waals surface area contributed by atoms with Crippen LogP contribution in [-0.2, 0) is 0 Å². The van der Waals surface area contributed by atoms with Crippen LogP contribution in [-0.4, -0.2) is 25.7 Å². The summed E-state index contributed by atoms with van der Waals surface area (Å²) in [5, 5.41) is 49.8. The van der Waals surface area contributed by atoms with Crippen molar-refractivity contribution < 1.29 is 24.5 Å². The molecule has 0 saturated carbocycles. The number of amides is 2. The summed E-state index contributed by atoms with van der Waals surface area (Å²) in [5.74, 6) is 0. The molecule has 0 heterocycles. The standard InChI is InChI=1S/C13H8N8O9/c22-13(16-14-9-3-1-7(18(23)24)5-11(9)20(27)28)17-15-10-4-2-8(19(25)26)6-12(10)21(29)30/h1-6,14H,(H,16,22). The zero-order valence-electron chi connectivity index (χ0n) is 14.3. The average molecular weight is 420 g/mol. The van der Waals surface area contributed by atoms with Crippen LogP contribution in [0.15, 0.2) is 46.6 Å². The Kier molecular flexibility index (Phi) is 6.17. The van der Waals surface area contributed by atoms with E-state index in [0.717, 1.165) is 24.3 Å². The second-order valence-corrected chi connectivity index (χ2v) is 5.16. The number of urea groups is 1. The van der Waals surface area contributed by atoms with E-state index < -0.39 is 54.2 Å². The Bertz CT molecular complexity index is 1100. The van der Waals surface area contributed by atoms with Gasteiger partial charge >= 0.3 is 17.4 Å². The molecule has 2 amide bonds. The van der Waals surface area contributed by atoms with Crippen molar-refractivity contribution >= 4 is 40.2 Å². The summed E-state index contributed by atoms with van der Waals surface area (Å²) in [6.07, 6.45) is 0. The minimum atomic E-state index is -1.24. The van der Waals surface area contributed by atoms with Crippen molar-refractivity contribution in [2.45, 2.75) is 0 Å². The number of carbonyl (C=O) groups is 1. The van der Waals surface area contributed by atoms with Crippen molar-refractivity contribution in [1.82, 2.24) is 5.43 Å². The zero-order valence-corrected chi connectivity index (χ0v) is 14.3. The topological polar surface area (TPSA) is 238 Å². The van der Waals surface area contributed by atoms with Crippen LogP contribution in [0.1, 0.15) is 0 Å². The average Bonchev–Trinajstić information content (AvgIpc) is 2.69. The molecule has 0 bridgehead atoms. The first-order valence-electron chi connectivity index (χ1n) is 7.43. The monoisotopic (exact) mass is 420 g/mol. The maximum absolute atomic E-state index is 11.7. The smallest absolute Gasteiger partial charge is 0.291 e. The molecule has 2 aromatic rings. The molecule has 154 valence electrons. The molecule has 0 atom stereocenters. The van der Waals surface area contributed by atoms with Crippen LogP contribution >= 0.6 is 0 Å². The highest BCUT2D eigenvalue weighted by atomic mass is 16.6. The lowest BCUT2D eigenvalue weighted by Gasteiger charge is -2.06. The van der Waals surface area contributed by atoms with Gasteiger partial charge in [0.1, 0.15) is 5.69 Å². The van der Waals surface area contributed by atoms with E-state index >= 15 is 0 Å². The fraction of sp³-hybridized carbons (Fsp3) is 0. The lowest BCUT2D eigenvalue weighted by atomic mass is 10.2. The minimum Gasteiger partial charge on any atom is -0.291 e. The molecule has 17 nitrogen and oxygen atoms in total. The fourth-order valence-corrected chi connectivity index (χ4v) is 1.99. The number of rotatable bonds is 7. The first-order chi connectivity index (χ1) is 14.1. The number of carbonyl (C=O) groups excluding carboxylic acids is 1. The van der Waals surface area contributed by atoms with Gasteiger partial charge < -0.3 is 0 Å². The summed E-state index contributed by atoms with van der Waals surface area (Å²) in [5.41, 5.74) is 0.624. The molecule has 17 heteroatoms. The first-order valence-corrected chi connectivity index (χ1v) is 7.43. The number of nitro benzene ring substituents is 4. The maximum Gasteiger partial charge on any atom is 0.378 e. The zero-order chi connectivity index (χ0) is 22.4. The highest BCUT2D eigenvalue weighted by molar-refractivity contribution is 5.78. The molecule has 2 aromatic carbocycles. The third-order valence-electron chi connectivity index (χ3n) is 3.31. The van der Waals surface area contributed by atoms with Crippen molar-refractivity contribution in [3.05, 3.63) is 76.9 Å². The second-order valence-electron chi connectivity index (χ2n) is 5.16. The molecule has 0 spiro atoms. The van der Waals surface area contributed by atoms with Crippen molar-refractivity contribution in [2.75, 3.05) is 5.43 Å². The summed E-state index contributed by atoms with van der Waals surface area (Å²) >= 11 is 0. The van der Waals surface area contributed by atoms with Gasteiger partial charge in [-0.15, -0.1) is 5.11 Å². The molecule has 0 aliphatic heterocycles. The van der Waals surface area contributed by atoms with Crippen molar-refractivity contribution in [3.63, 3.8) is 0 Å². The Labute approximate surface area is 163 Å². The molecular formula is C13H8N8O9. The summed E-state index contributed by atoms with van der Waals surface area (Å²) in [7, 11) is 0. The second kappa shape index (κ2) is 8.73. The molecule has 30 heavy (non-hydrogen) atoms. The van der Waals surface area contributed by atoms with Gasteiger partial charge in [-0.05, 0) is 12.1 Å². The van der Waals surface area contributed by atoms with E-state index in [2.05, 4.69) is 15.7 Å². The number of azo groups is 1. The largest absolute Gasteiger partial charge is 0.378 e.